The normalized spacial score (nSPS) is 31.6. The number of alkyl carbamates (subject to hydrolysis) is 1. The third-order valence-electron chi connectivity index (χ3n) is 6.89. The van der Waals surface area contributed by atoms with E-state index in [4.69, 9.17) is 9.72 Å². The van der Waals surface area contributed by atoms with Gasteiger partial charge in [0, 0.05) is 30.3 Å². The maximum Gasteiger partial charge on any atom is 0.407 e. The van der Waals surface area contributed by atoms with Gasteiger partial charge in [0.15, 0.2) is 5.82 Å². The van der Waals surface area contributed by atoms with E-state index >= 15 is 0 Å². The smallest absolute Gasteiger partial charge is 0.407 e. The first-order valence-electron chi connectivity index (χ1n) is 11.0. The molecule has 8 nitrogen and oxygen atoms in total. The molecular formula is C22H30N6O2. The second kappa shape index (κ2) is 7.91. The van der Waals surface area contributed by atoms with Crippen LogP contribution in [0.3, 0.4) is 0 Å². The number of H-pyrrole nitrogens is 1. The van der Waals surface area contributed by atoms with Crippen LogP contribution in [0.5, 0.6) is 0 Å². The van der Waals surface area contributed by atoms with Gasteiger partial charge < -0.3 is 15.4 Å². The average Bonchev–Trinajstić information content (AvgIpc) is 3.35. The maximum atomic E-state index is 12.3. The third-order valence-corrected chi connectivity index (χ3v) is 6.89. The Balaban J connectivity index is 1.39. The van der Waals surface area contributed by atoms with E-state index in [9.17, 15) is 4.79 Å². The van der Waals surface area contributed by atoms with Crippen LogP contribution in [-0.2, 0) is 16.7 Å². The number of pyridine rings is 1. The number of aromatic nitrogens is 3. The van der Waals surface area contributed by atoms with Gasteiger partial charge in [-0.3, -0.25) is 10.00 Å². The molecule has 8 heteroatoms. The highest BCUT2D eigenvalue weighted by atomic mass is 16.6. The molecule has 1 saturated carbocycles. The minimum atomic E-state index is -0.281. The summed E-state index contributed by atoms with van der Waals surface area (Å²) < 4.78 is 5.74. The van der Waals surface area contributed by atoms with Crippen molar-refractivity contribution in [1.29, 1.82) is 0 Å². The van der Waals surface area contributed by atoms with Crippen LogP contribution in [0.15, 0.2) is 24.3 Å². The Morgan fingerprint density at radius 3 is 2.93 bits per heavy atom. The van der Waals surface area contributed by atoms with E-state index in [1.165, 1.54) is 0 Å². The number of nitrogens with one attached hydrogen (secondary N) is 3. The lowest BCUT2D eigenvalue weighted by atomic mass is 9.85. The number of hydrogen-bond donors (Lipinski definition) is 3. The minimum Gasteiger partial charge on any atom is -0.446 e. The first kappa shape index (κ1) is 19.4. The van der Waals surface area contributed by atoms with Crippen LogP contribution in [0.25, 0.3) is 0 Å². The summed E-state index contributed by atoms with van der Waals surface area (Å²) in [7, 11) is 0. The summed E-state index contributed by atoms with van der Waals surface area (Å²) >= 11 is 0. The van der Waals surface area contributed by atoms with Crippen molar-refractivity contribution in [3.63, 3.8) is 0 Å². The Morgan fingerprint density at radius 2 is 2.07 bits per heavy atom. The summed E-state index contributed by atoms with van der Waals surface area (Å²) in [5, 5.41) is 14.0. The number of amides is 1. The Labute approximate surface area is 176 Å². The molecule has 0 radical (unpaired) electrons. The van der Waals surface area contributed by atoms with Gasteiger partial charge in [-0.15, -0.1) is 0 Å². The standard InChI is InChI=1S/C22H30N6O2/c1-22-8-5-17(12-22)30-21(29)23-13-15-6-9-28(10-7-15)14-16-3-2-4-19(24-16)25-20-11-18(22)26-27-20/h2-4,11,15,17H,5-10,12-14H2,1H3,(H,23,29)(H2,24,25,26,27)/t17-,22+/m1/s1. The van der Waals surface area contributed by atoms with Gasteiger partial charge in [0.05, 0.1) is 5.69 Å². The second-order valence-corrected chi connectivity index (χ2v) is 9.24. The summed E-state index contributed by atoms with van der Waals surface area (Å²) in [5.74, 6) is 2.08. The van der Waals surface area contributed by atoms with Crippen LogP contribution in [0.2, 0.25) is 0 Å². The number of rotatable bonds is 0. The number of aromatic amines is 1. The van der Waals surface area contributed by atoms with E-state index in [0.29, 0.717) is 12.5 Å². The van der Waals surface area contributed by atoms with Crippen molar-refractivity contribution < 1.29 is 9.53 Å². The zero-order valence-electron chi connectivity index (χ0n) is 17.5. The number of hydrogen-bond acceptors (Lipinski definition) is 6. The molecule has 1 saturated heterocycles. The number of ether oxygens (including phenoxy) is 1. The molecule has 1 amide bonds. The maximum absolute atomic E-state index is 12.3. The van der Waals surface area contributed by atoms with Gasteiger partial charge in [0.1, 0.15) is 11.9 Å². The van der Waals surface area contributed by atoms with Crippen molar-refractivity contribution >= 4 is 17.7 Å². The number of piperidine rings is 1. The summed E-state index contributed by atoms with van der Waals surface area (Å²) in [6.07, 6.45) is 4.44. The van der Waals surface area contributed by atoms with Crippen LogP contribution in [0.1, 0.15) is 50.4 Å². The molecule has 3 aliphatic heterocycles. The van der Waals surface area contributed by atoms with Crippen molar-refractivity contribution in [1.82, 2.24) is 25.4 Å². The molecule has 0 unspecified atom stereocenters. The van der Waals surface area contributed by atoms with Crippen LogP contribution in [0.4, 0.5) is 16.4 Å². The molecule has 8 bridgehead atoms. The zero-order chi connectivity index (χ0) is 20.6. The summed E-state index contributed by atoms with van der Waals surface area (Å²) in [5.41, 5.74) is 2.04. The number of fused-ring (bicyclic) bond motifs is 5. The Bertz CT molecular complexity index is 907. The molecule has 3 N–H and O–H groups in total. The molecule has 30 heavy (non-hydrogen) atoms. The molecule has 160 valence electrons. The highest BCUT2D eigenvalue weighted by Gasteiger charge is 2.40. The van der Waals surface area contributed by atoms with Crippen LogP contribution >= 0.6 is 0 Å². The molecular weight excluding hydrogens is 380 g/mol. The lowest BCUT2D eigenvalue weighted by molar-refractivity contribution is 0.0942. The van der Waals surface area contributed by atoms with E-state index in [0.717, 1.165) is 74.8 Å². The molecule has 4 aliphatic rings. The van der Waals surface area contributed by atoms with E-state index < -0.39 is 0 Å². The van der Waals surface area contributed by atoms with Gasteiger partial charge in [0.2, 0.25) is 0 Å². The monoisotopic (exact) mass is 410 g/mol. The van der Waals surface area contributed by atoms with Gasteiger partial charge in [-0.25, -0.2) is 9.78 Å². The second-order valence-electron chi connectivity index (χ2n) is 9.24. The Hall–Kier alpha value is -2.61. The number of carbonyl (C=O) groups is 1. The fourth-order valence-corrected chi connectivity index (χ4v) is 4.99. The van der Waals surface area contributed by atoms with Crippen LogP contribution in [-0.4, -0.2) is 51.9 Å². The van der Waals surface area contributed by atoms with Crippen molar-refractivity contribution in [2.24, 2.45) is 5.92 Å². The SMILES string of the molecule is C[C@]12CC[C@H](C1)OC(=O)NCC1CCN(CC1)Cc1cccc(n1)Nc1cc2[nH]n1. The summed E-state index contributed by atoms with van der Waals surface area (Å²) in [6.45, 7) is 5.77. The highest BCUT2D eigenvalue weighted by Crippen LogP contribution is 2.42. The predicted octanol–water partition coefficient (Wildman–Crippen LogP) is 3.31. The predicted molar refractivity (Wildman–Crippen MR) is 114 cm³/mol. The van der Waals surface area contributed by atoms with Gasteiger partial charge in [-0.1, -0.05) is 13.0 Å². The third kappa shape index (κ3) is 4.14. The molecule has 0 aromatic carbocycles. The number of anilines is 2. The number of nitrogens with zero attached hydrogens (tertiary/aromatic N) is 3. The molecule has 6 rings (SSSR count). The molecule has 0 spiro atoms. The highest BCUT2D eigenvalue weighted by molar-refractivity contribution is 5.67. The zero-order valence-corrected chi connectivity index (χ0v) is 17.5. The fourth-order valence-electron chi connectivity index (χ4n) is 4.99. The van der Waals surface area contributed by atoms with Crippen LogP contribution < -0.4 is 10.6 Å². The first-order chi connectivity index (χ1) is 14.6. The first-order valence-corrected chi connectivity index (χ1v) is 11.0. The summed E-state index contributed by atoms with van der Waals surface area (Å²) in [4.78, 5) is 19.6. The molecule has 5 heterocycles. The summed E-state index contributed by atoms with van der Waals surface area (Å²) in [6, 6.07) is 8.15. The number of carbonyl (C=O) groups excluding carboxylic acids is 1. The van der Waals surface area contributed by atoms with E-state index in [1.807, 2.05) is 12.1 Å². The quantitative estimate of drug-likeness (QED) is 0.617. The molecule has 2 atom stereocenters. The van der Waals surface area contributed by atoms with Gasteiger partial charge in [-0.2, -0.15) is 5.10 Å². The van der Waals surface area contributed by atoms with Gasteiger partial charge in [-0.05, 0) is 63.2 Å². The van der Waals surface area contributed by atoms with E-state index in [1.54, 1.807) is 0 Å². The Morgan fingerprint density at radius 1 is 1.20 bits per heavy atom. The lowest BCUT2D eigenvalue weighted by Gasteiger charge is -2.31. The molecule has 2 aromatic rings. The van der Waals surface area contributed by atoms with E-state index in [2.05, 4.69) is 44.8 Å². The van der Waals surface area contributed by atoms with Crippen LogP contribution in [0, 0.1) is 5.92 Å². The lowest BCUT2D eigenvalue weighted by Crippen LogP contribution is -2.39. The van der Waals surface area contributed by atoms with Crippen molar-refractivity contribution in [3.05, 3.63) is 35.7 Å². The van der Waals surface area contributed by atoms with Crippen molar-refractivity contribution in [2.75, 3.05) is 25.0 Å². The molecule has 1 aliphatic carbocycles. The topological polar surface area (TPSA) is 95.2 Å². The molecule has 2 fully saturated rings. The van der Waals surface area contributed by atoms with E-state index in [-0.39, 0.29) is 17.6 Å². The van der Waals surface area contributed by atoms with Gasteiger partial charge >= 0.3 is 6.09 Å². The minimum absolute atomic E-state index is 0.0583. The molecule has 2 aromatic heterocycles. The van der Waals surface area contributed by atoms with Gasteiger partial charge in [0.25, 0.3) is 0 Å². The van der Waals surface area contributed by atoms with Crippen molar-refractivity contribution in [3.8, 4) is 0 Å². The largest absolute Gasteiger partial charge is 0.446 e. The van der Waals surface area contributed by atoms with Crippen molar-refractivity contribution in [2.45, 2.75) is 57.1 Å². The fraction of sp³-hybridized carbons (Fsp3) is 0.591. The Kier molecular flexibility index (Phi) is 5.10. The average molecular weight is 411 g/mol.